The largest absolute Gasteiger partial charge is 0.340 e. The number of hydrogen-bond donors (Lipinski definition) is 1. The Balaban J connectivity index is 1.56. The standard InChI is InChI=1S/C21H16ClN5/c1-15(16-5-3-2-4-6-16)27-13-17(12-25-27)20-11-21(24-14-23-20)26-19-9-7-18(22)8-10-19/h2-14H,1H2,(H,23,24,26). The third-order valence-corrected chi connectivity index (χ3v) is 4.30. The Morgan fingerprint density at radius 1 is 1.00 bits per heavy atom. The smallest absolute Gasteiger partial charge is 0.134 e. The van der Waals surface area contributed by atoms with Crippen molar-refractivity contribution in [2.75, 3.05) is 5.32 Å². The number of hydrogen-bond acceptors (Lipinski definition) is 4. The van der Waals surface area contributed by atoms with Crippen LogP contribution in [0.1, 0.15) is 5.56 Å². The average Bonchev–Trinajstić information content (AvgIpc) is 3.20. The maximum absolute atomic E-state index is 5.92. The van der Waals surface area contributed by atoms with E-state index >= 15 is 0 Å². The Kier molecular flexibility index (Phi) is 4.68. The van der Waals surface area contributed by atoms with Crippen LogP contribution in [0.5, 0.6) is 0 Å². The highest BCUT2D eigenvalue weighted by atomic mass is 35.5. The molecule has 0 saturated carbocycles. The summed E-state index contributed by atoms with van der Waals surface area (Å²) in [5.74, 6) is 0.692. The van der Waals surface area contributed by atoms with Gasteiger partial charge in [0.15, 0.2) is 0 Å². The molecule has 27 heavy (non-hydrogen) atoms. The van der Waals surface area contributed by atoms with Crippen LogP contribution in [0.3, 0.4) is 0 Å². The Hall–Kier alpha value is -3.44. The van der Waals surface area contributed by atoms with Crippen LogP contribution in [-0.4, -0.2) is 19.7 Å². The summed E-state index contributed by atoms with van der Waals surface area (Å²) >= 11 is 5.92. The molecule has 0 aliphatic rings. The first-order valence-electron chi connectivity index (χ1n) is 8.33. The first-order chi connectivity index (χ1) is 13.2. The van der Waals surface area contributed by atoms with Crippen molar-refractivity contribution in [2.45, 2.75) is 0 Å². The fourth-order valence-corrected chi connectivity index (χ4v) is 2.76. The van der Waals surface area contributed by atoms with Gasteiger partial charge in [0, 0.05) is 28.5 Å². The van der Waals surface area contributed by atoms with Crippen molar-refractivity contribution in [3.8, 4) is 11.3 Å². The zero-order chi connectivity index (χ0) is 18.6. The van der Waals surface area contributed by atoms with Crippen molar-refractivity contribution < 1.29 is 0 Å². The first kappa shape index (κ1) is 17.0. The van der Waals surface area contributed by atoms with Gasteiger partial charge in [0.2, 0.25) is 0 Å². The average molecular weight is 374 g/mol. The second kappa shape index (κ2) is 7.43. The Morgan fingerprint density at radius 3 is 2.56 bits per heavy atom. The summed E-state index contributed by atoms with van der Waals surface area (Å²) in [4.78, 5) is 8.63. The van der Waals surface area contributed by atoms with Crippen molar-refractivity contribution in [3.63, 3.8) is 0 Å². The normalized spacial score (nSPS) is 10.6. The molecule has 0 amide bonds. The maximum Gasteiger partial charge on any atom is 0.134 e. The van der Waals surface area contributed by atoms with Crippen molar-refractivity contribution >= 4 is 28.8 Å². The minimum Gasteiger partial charge on any atom is -0.340 e. The highest BCUT2D eigenvalue weighted by Gasteiger charge is 2.08. The van der Waals surface area contributed by atoms with Crippen LogP contribution in [0, 0.1) is 0 Å². The highest BCUT2D eigenvalue weighted by molar-refractivity contribution is 6.30. The fourth-order valence-electron chi connectivity index (χ4n) is 2.63. The van der Waals surface area contributed by atoms with Crippen LogP contribution in [-0.2, 0) is 0 Å². The molecule has 5 nitrogen and oxygen atoms in total. The van der Waals surface area contributed by atoms with E-state index < -0.39 is 0 Å². The molecule has 0 spiro atoms. The second-order valence-electron chi connectivity index (χ2n) is 5.91. The van der Waals surface area contributed by atoms with Gasteiger partial charge in [-0.05, 0) is 29.8 Å². The van der Waals surface area contributed by atoms with Crippen molar-refractivity contribution in [3.05, 3.63) is 96.5 Å². The van der Waals surface area contributed by atoms with Crippen LogP contribution in [0.15, 0.2) is 86.0 Å². The van der Waals surface area contributed by atoms with Crippen LogP contribution in [0.25, 0.3) is 17.0 Å². The molecule has 4 rings (SSSR count). The van der Waals surface area contributed by atoms with Crippen molar-refractivity contribution in [2.24, 2.45) is 0 Å². The van der Waals surface area contributed by atoms with Gasteiger partial charge in [0.1, 0.15) is 12.1 Å². The van der Waals surface area contributed by atoms with E-state index in [-0.39, 0.29) is 0 Å². The molecule has 2 aromatic heterocycles. The zero-order valence-corrected chi connectivity index (χ0v) is 15.1. The molecule has 0 aliphatic carbocycles. The van der Waals surface area contributed by atoms with Gasteiger partial charge >= 0.3 is 0 Å². The molecular weight excluding hydrogens is 358 g/mol. The minimum absolute atomic E-state index is 0.690. The van der Waals surface area contributed by atoms with E-state index in [1.54, 1.807) is 10.9 Å². The summed E-state index contributed by atoms with van der Waals surface area (Å²) in [6.07, 6.45) is 5.20. The quantitative estimate of drug-likeness (QED) is 0.518. The predicted octanol–water partition coefficient (Wildman–Crippen LogP) is 5.26. The van der Waals surface area contributed by atoms with Gasteiger partial charge in [0.05, 0.1) is 17.6 Å². The number of rotatable bonds is 5. The molecule has 6 heteroatoms. The summed E-state index contributed by atoms with van der Waals surface area (Å²) in [6, 6.07) is 19.2. The monoisotopic (exact) mass is 373 g/mol. The van der Waals surface area contributed by atoms with E-state index in [1.165, 1.54) is 6.33 Å². The summed E-state index contributed by atoms with van der Waals surface area (Å²) in [7, 11) is 0. The first-order valence-corrected chi connectivity index (χ1v) is 8.71. The SMILES string of the molecule is C=C(c1ccccc1)n1cc(-c2cc(Nc3ccc(Cl)cc3)ncn2)cn1. The topological polar surface area (TPSA) is 55.6 Å². The Morgan fingerprint density at radius 2 is 1.78 bits per heavy atom. The van der Waals surface area contributed by atoms with Gasteiger partial charge in [0.25, 0.3) is 0 Å². The third kappa shape index (κ3) is 3.88. The van der Waals surface area contributed by atoms with Crippen molar-refractivity contribution in [1.29, 1.82) is 0 Å². The summed E-state index contributed by atoms with van der Waals surface area (Å²) in [6.45, 7) is 4.13. The molecule has 0 bridgehead atoms. The number of nitrogens with zero attached hydrogens (tertiary/aromatic N) is 4. The van der Waals surface area contributed by atoms with E-state index in [9.17, 15) is 0 Å². The molecule has 2 aromatic carbocycles. The third-order valence-electron chi connectivity index (χ3n) is 4.05. The van der Waals surface area contributed by atoms with Gasteiger partial charge in [-0.25, -0.2) is 14.6 Å². The number of aromatic nitrogens is 4. The summed E-state index contributed by atoms with van der Waals surface area (Å²) < 4.78 is 1.75. The van der Waals surface area contributed by atoms with E-state index in [0.717, 1.165) is 28.2 Å². The maximum atomic E-state index is 5.92. The molecule has 4 aromatic rings. The lowest BCUT2D eigenvalue weighted by Gasteiger charge is -2.07. The van der Waals surface area contributed by atoms with Crippen molar-refractivity contribution in [1.82, 2.24) is 19.7 Å². The number of anilines is 2. The lowest BCUT2D eigenvalue weighted by atomic mass is 10.2. The molecule has 1 N–H and O–H groups in total. The van der Waals surface area contributed by atoms with Crippen LogP contribution < -0.4 is 5.32 Å². The Bertz CT molecular complexity index is 1070. The van der Waals surface area contributed by atoms with Gasteiger partial charge in [-0.2, -0.15) is 5.10 Å². The lowest BCUT2D eigenvalue weighted by Crippen LogP contribution is -1.97. The second-order valence-corrected chi connectivity index (χ2v) is 6.34. The fraction of sp³-hybridized carbons (Fsp3) is 0. The molecule has 132 valence electrons. The molecule has 0 fully saturated rings. The zero-order valence-electron chi connectivity index (χ0n) is 14.4. The molecule has 0 aliphatic heterocycles. The number of benzene rings is 2. The molecule has 0 unspecified atom stereocenters. The van der Waals surface area contributed by atoms with E-state index in [4.69, 9.17) is 11.6 Å². The van der Waals surface area contributed by atoms with Gasteiger partial charge in [-0.3, -0.25) is 0 Å². The van der Waals surface area contributed by atoms with Crippen LogP contribution in [0.4, 0.5) is 11.5 Å². The molecule has 2 heterocycles. The van der Waals surface area contributed by atoms with Crippen LogP contribution >= 0.6 is 11.6 Å². The number of halogens is 1. The molecule has 0 radical (unpaired) electrons. The van der Waals surface area contributed by atoms with Gasteiger partial charge in [-0.15, -0.1) is 0 Å². The van der Waals surface area contributed by atoms with E-state index in [1.807, 2.05) is 66.9 Å². The summed E-state index contributed by atoms with van der Waals surface area (Å²) in [5, 5.41) is 8.35. The van der Waals surface area contributed by atoms with E-state index in [2.05, 4.69) is 27.0 Å². The van der Waals surface area contributed by atoms with Gasteiger partial charge < -0.3 is 5.32 Å². The minimum atomic E-state index is 0.690. The molecule has 0 saturated heterocycles. The molecular formula is C21H16ClN5. The van der Waals surface area contributed by atoms with Gasteiger partial charge in [-0.1, -0.05) is 48.5 Å². The number of nitrogens with one attached hydrogen (secondary N) is 1. The van der Waals surface area contributed by atoms with E-state index in [0.29, 0.717) is 10.8 Å². The highest BCUT2D eigenvalue weighted by Crippen LogP contribution is 2.23. The predicted molar refractivity (Wildman–Crippen MR) is 109 cm³/mol. The van der Waals surface area contributed by atoms with Crippen LogP contribution in [0.2, 0.25) is 5.02 Å². The summed E-state index contributed by atoms with van der Waals surface area (Å²) in [5.41, 5.74) is 4.37. The molecule has 0 atom stereocenters. The Labute approximate surface area is 162 Å². The lowest BCUT2D eigenvalue weighted by molar-refractivity contribution is 0.907.